The predicted molar refractivity (Wildman–Crippen MR) is 64.8 cm³/mol. The molecule has 1 aliphatic heterocycles. The molecule has 0 spiro atoms. The van der Waals surface area contributed by atoms with Crippen molar-refractivity contribution in [1.82, 2.24) is 4.90 Å². The van der Waals surface area contributed by atoms with E-state index in [4.69, 9.17) is 5.11 Å². The standard InChI is InChI=1S/C13H13F2NO4/c14-13(15)20-9-4-1-3-8(7-9)11(17)16-6-2-5-10(16)12(18)19/h1,3-4,7,10,13H,2,5-6H2,(H,18,19). The summed E-state index contributed by atoms with van der Waals surface area (Å²) in [5, 5.41) is 9.04. The van der Waals surface area contributed by atoms with E-state index in [1.165, 1.54) is 29.2 Å². The predicted octanol–water partition coefficient (Wildman–Crippen LogP) is 1.98. The zero-order valence-electron chi connectivity index (χ0n) is 10.5. The molecule has 0 saturated carbocycles. The monoisotopic (exact) mass is 285 g/mol. The summed E-state index contributed by atoms with van der Waals surface area (Å²) in [5.74, 6) is -1.68. The van der Waals surface area contributed by atoms with E-state index in [9.17, 15) is 18.4 Å². The summed E-state index contributed by atoms with van der Waals surface area (Å²) in [7, 11) is 0. The van der Waals surface area contributed by atoms with Crippen LogP contribution in [0.2, 0.25) is 0 Å². The lowest BCUT2D eigenvalue weighted by atomic mass is 10.1. The van der Waals surface area contributed by atoms with E-state index in [-0.39, 0.29) is 11.3 Å². The number of carboxylic acid groups (broad SMARTS) is 1. The number of carboxylic acids is 1. The Balaban J connectivity index is 2.18. The van der Waals surface area contributed by atoms with Gasteiger partial charge in [-0.1, -0.05) is 6.07 Å². The first-order chi connectivity index (χ1) is 9.49. The van der Waals surface area contributed by atoms with E-state index in [2.05, 4.69) is 4.74 Å². The lowest BCUT2D eigenvalue weighted by Gasteiger charge is -2.21. The van der Waals surface area contributed by atoms with Gasteiger partial charge in [0.2, 0.25) is 0 Å². The molecule has 0 aromatic heterocycles. The van der Waals surface area contributed by atoms with Gasteiger partial charge < -0.3 is 14.7 Å². The molecular weight excluding hydrogens is 272 g/mol. The molecule has 1 aliphatic rings. The maximum atomic E-state index is 12.2. The van der Waals surface area contributed by atoms with E-state index in [0.29, 0.717) is 19.4 Å². The van der Waals surface area contributed by atoms with Crippen molar-refractivity contribution in [2.45, 2.75) is 25.5 Å². The molecular formula is C13H13F2NO4. The zero-order chi connectivity index (χ0) is 14.7. The highest BCUT2D eigenvalue weighted by Crippen LogP contribution is 2.22. The van der Waals surface area contributed by atoms with Crippen molar-refractivity contribution < 1.29 is 28.2 Å². The number of hydrogen-bond donors (Lipinski definition) is 1. The number of ether oxygens (including phenoxy) is 1. The van der Waals surface area contributed by atoms with Crippen LogP contribution in [-0.4, -0.2) is 41.1 Å². The number of amides is 1. The Kier molecular flexibility index (Phi) is 4.16. The van der Waals surface area contributed by atoms with Gasteiger partial charge in [0.1, 0.15) is 11.8 Å². The number of benzene rings is 1. The van der Waals surface area contributed by atoms with Gasteiger partial charge in [0, 0.05) is 12.1 Å². The summed E-state index contributed by atoms with van der Waals surface area (Å²) < 4.78 is 28.5. The molecule has 1 unspecified atom stereocenters. The van der Waals surface area contributed by atoms with Crippen LogP contribution in [0.4, 0.5) is 8.78 Å². The molecule has 108 valence electrons. The normalized spacial score (nSPS) is 18.4. The minimum atomic E-state index is -2.97. The average Bonchev–Trinajstić information content (AvgIpc) is 2.86. The van der Waals surface area contributed by atoms with E-state index >= 15 is 0 Å². The van der Waals surface area contributed by atoms with Crippen LogP contribution in [0.1, 0.15) is 23.2 Å². The number of aliphatic carboxylic acids is 1. The first-order valence-corrected chi connectivity index (χ1v) is 6.07. The lowest BCUT2D eigenvalue weighted by molar-refractivity contribution is -0.141. The highest BCUT2D eigenvalue weighted by atomic mass is 19.3. The topological polar surface area (TPSA) is 66.8 Å². The molecule has 7 heteroatoms. The maximum absolute atomic E-state index is 12.2. The number of halogens is 2. The Hall–Kier alpha value is -2.18. The number of rotatable bonds is 4. The van der Waals surface area contributed by atoms with Gasteiger partial charge in [-0.15, -0.1) is 0 Å². The minimum absolute atomic E-state index is 0.128. The van der Waals surface area contributed by atoms with Crippen molar-refractivity contribution in [2.75, 3.05) is 6.54 Å². The third kappa shape index (κ3) is 3.04. The van der Waals surface area contributed by atoms with Gasteiger partial charge in [-0.3, -0.25) is 4.79 Å². The molecule has 1 heterocycles. The van der Waals surface area contributed by atoms with Crippen molar-refractivity contribution in [3.63, 3.8) is 0 Å². The van der Waals surface area contributed by atoms with Crippen LogP contribution >= 0.6 is 0 Å². The van der Waals surface area contributed by atoms with Crippen LogP contribution in [0.5, 0.6) is 5.75 Å². The van der Waals surface area contributed by atoms with Crippen molar-refractivity contribution in [2.24, 2.45) is 0 Å². The fourth-order valence-corrected chi connectivity index (χ4v) is 2.24. The number of nitrogens with zero attached hydrogens (tertiary/aromatic N) is 1. The second-order valence-corrected chi connectivity index (χ2v) is 4.40. The molecule has 1 amide bonds. The van der Waals surface area contributed by atoms with Crippen molar-refractivity contribution in [1.29, 1.82) is 0 Å². The Bertz CT molecular complexity index is 521. The summed E-state index contributed by atoms with van der Waals surface area (Å²) in [6, 6.07) is 4.49. The molecule has 1 saturated heterocycles. The number of likely N-dealkylation sites (tertiary alicyclic amines) is 1. The molecule has 1 atom stereocenters. The number of carbonyl (C=O) groups is 2. The molecule has 1 aromatic rings. The van der Waals surface area contributed by atoms with Crippen LogP contribution in [-0.2, 0) is 4.79 Å². The van der Waals surface area contributed by atoms with Crippen LogP contribution in [0, 0.1) is 0 Å². The Morgan fingerprint density at radius 1 is 1.40 bits per heavy atom. The summed E-state index contributed by atoms with van der Waals surface area (Å²) in [6.07, 6.45) is 1.00. The molecule has 1 aromatic carbocycles. The molecule has 5 nitrogen and oxygen atoms in total. The molecule has 1 N–H and O–H groups in total. The highest BCUT2D eigenvalue weighted by molar-refractivity contribution is 5.97. The second kappa shape index (κ2) is 5.85. The van der Waals surface area contributed by atoms with Crippen molar-refractivity contribution in [3.05, 3.63) is 29.8 Å². The van der Waals surface area contributed by atoms with Crippen molar-refractivity contribution >= 4 is 11.9 Å². The number of alkyl halides is 2. The first kappa shape index (κ1) is 14.2. The Morgan fingerprint density at radius 2 is 2.15 bits per heavy atom. The Labute approximate surface area is 113 Å². The van der Waals surface area contributed by atoms with Gasteiger partial charge in [0.05, 0.1) is 0 Å². The largest absolute Gasteiger partial charge is 0.480 e. The molecule has 1 fully saturated rings. The highest BCUT2D eigenvalue weighted by Gasteiger charge is 2.34. The third-order valence-electron chi connectivity index (χ3n) is 3.10. The number of hydrogen-bond acceptors (Lipinski definition) is 3. The maximum Gasteiger partial charge on any atom is 0.387 e. The minimum Gasteiger partial charge on any atom is -0.480 e. The van der Waals surface area contributed by atoms with Crippen LogP contribution < -0.4 is 4.74 Å². The SMILES string of the molecule is O=C(O)C1CCCN1C(=O)c1cccc(OC(F)F)c1. The second-order valence-electron chi connectivity index (χ2n) is 4.40. The van der Waals surface area contributed by atoms with Gasteiger partial charge in [-0.25, -0.2) is 4.79 Å². The Morgan fingerprint density at radius 3 is 2.80 bits per heavy atom. The fourth-order valence-electron chi connectivity index (χ4n) is 2.24. The molecule has 2 rings (SSSR count). The quantitative estimate of drug-likeness (QED) is 0.918. The van der Waals surface area contributed by atoms with Gasteiger partial charge in [0.25, 0.3) is 5.91 Å². The van der Waals surface area contributed by atoms with E-state index < -0.39 is 24.5 Å². The summed E-state index contributed by atoms with van der Waals surface area (Å²) in [5.41, 5.74) is 0.135. The van der Waals surface area contributed by atoms with Gasteiger partial charge in [-0.2, -0.15) is 8.78 Å². The van der Waals surface area contributed by atoms with Crippen LogP contribution in [0.25, 0.3) is 0 Å². The average molecular weight is 285 g/mol. The molecule has 20 heavy (non-hydrogen) atoms. The summed E-state index contributed by atoms with van der Waals surface area (Å²) >= 11 is 0. The van der Waals surface area contributed by atoms with E-state index in [1.54, 1.807) is 0 Å². The number of carbonyl (C=O) groups excluding carboxylic acids is 1. The fraction of sp³-hybridized carbons (Fsp3) is 0.385. The lowest BCUT2D eigenvalue weighted by Crippen LogP contribution is -2.40. The molecule has 0 bridgehead atoms. The summed E-state index contributed by atoms with van der Waals surface area (Å²) in [6.45, 7) is -2.63. The van der Waals surface area contributed by atoms with Crippen molar-refractivity contribution in [3.8, 4) is 5.75 Å². The molecule has 0 aliphatic carbocycles. The smallest absolute Gasteiger partial charge is 0.387 e. The van der Waals surface area contributed by atoms with Gasteiger partial charge in [0.15, 0.2) is 0 Å². The van der Waals surface area contributed by atoms with E-state index in [1.807, 2.05) is 0 Å². The summed E-state index contributed by atoms with van der Waals surface area (Å²) in [4.78, 5) is 24.5. The third-order valence-corrected chi connectivity index (χ3v) is 3.10. The van der Waals surface area contributed by atoms with Crippen LogP contribution in [0.3, 0.4) is 0 Å². The van der Waals surface area contributed by atoms with Crippen LogP contribution in [0.15, 0.2) is 24.3 Å². The van der Waals surface area contributed by atoms with E-state index in [0.717, 1.165) is 0 Å². The van der Waals surface area contributed by atoms with Gasteiger partial charge >= 0.3 is 12.6 Å². The molecule has 0 radical (unpaired) electrons. The van der Waals surface area contributed by atoms with Gasteiger partial charge in [-0.05, 0) is 31.0 Å². The first-order valence-electron chi connectivity index (χ1n) is 6.07. The zero-order valence-corrected chi connectivity index (χ0v) is 10.5.